The Bertz CT molecular complexity index is 466. The number of nitrogens with two attached hydrogens (primary N) is 1. The molecule has 1 aromatic carbocycles. The van der Waals surface area contributed by atoms with E-state index in [4.69, 9.17) is 10.5 Å². The smallest absolute Gasteiger partial charge is 0.188 e. The molecule has 2 nitrogen and oxygen atoms in total. The maximum absolute atomic E-state index is 5.89. The highest BCUT2D eigenvalue weighted by Crippen LogP contribution is 2.40. The van der Waals surface area contributed by atoms with Crippen LogP contribution in [0.15, 0.2) is 18.2 Å². The number of anilines is 1. The fourth-order valence-corrected chi connectivity index (χ4v) is 3.46. The van der Waals surface area contributed by atoms with E-state index >= 15 is 0 Å². The van der Waals surface area contributed by atoms with Gasteiger partial charge in [-0.05, 0) is 35.6 Å². The lowest BCUT2D eigenvalue weighted by molar-refractivity contribution is 0.348. The number of fused-ring (bicyclic) bond motifs is 1. The lowest BCUT2D eigenvalue weighted by Crippen LogP contribution is -1.89. The zero-order valence-electron chi connectivity index (χ0n) is 7.71. The van der Waals surface area contributed by atoms with Crippen LogP contribution in [0, 0.1) is 3.57 Å². The normalized spacial score (nSPS) is 10.7. The Morgan fingerprint density at radius 3 is 2.93 bits per heavy atom. The minimum atomic E-state index is 0.697. The van der Waals surface area contributed by atoms with Crippen LogP contribution < -0.4 is 10.5 Å². The van der Waals surface area contributed by atoms with Gasteiger partial charge in [-0.3, -0.25) is 0 Å². The number of rotatable bonds is 2. The second-order valence-electron chi connectivity index (χ2n) is 2.86. The fourth-order valence-electron chi connectivity index (χ4n) is 1.31. The monoisotopic (exact) mass is 319 g/mol. The molecule has 0 aliphatic rings. The lowest BCUT2D eigenvalue weighted by Gasteiger charge is -1.97. The minimum absolute atomic E-state index is 0.697. The molecule has 2 aromatic rings. The third kappa shape index (κ3) is 1.56. The van der Waals surface area contributed by atoms with Crippen molar-refractivity contribution in [1.29, 1.82) is 0 Å². The van der Waals surface area contributed by atoms with Crippen molar-refractivity contribution in [3.63, 3.8) is 0 Å². The number of thiophene rings is 1. The highest BCUT2D eigenvalue weighted by atomic mass is 127. The third-order valence-electron chi connectivity index (χ3n) is 1.93. The number of hydrogen-bond acceptors (Lipinski definition) is 3. The average Bonchev–Trinajstić information content (AvgIpc) is 2.48. The fraction of sp³-hybridized carbons (Fsp3) is 0.200. The predicted molar refractivity (Wildman–Crippen MR) is 70.1 cm³/mol. The van der Waals surface area contributed by atoms with Gasteiger partial charge in [-0.15, -0.1) is 0 Å². The van der Waals surface area contributed by atoms with Crippen molar-refractivity contribution in [2.45, 2.75) is 6.92 Å². The van der Waals surface area contributed by atoms with Gasteiger partial charge in [0, 0.05) is 11.1 Å². The lowest BCUT2D eigenvalue weighted by atomic mass is 10.2. The number of halogens is 1. The van der Waals surface area contributed by atoms with E-state index in [1.807, 2.05) is 19.1 Å². The molecule has 0 atom stereocenters. The number of hydrogen-bond donors (Lipinski definition) is 1. The molecule has 0 fully saturated rings. The minimum Gasteiger partial charge on any atom is -0.483 e. The van der Waals surface area contributed by atoms with Gasteiger partial charge in [-0.1, -0.05) is 23.5 Å². The van der Waals surface area contributed by atoms with Crippen LogP contribution in [0.1, 0.15) is 6.92 Å². The maximum atomic E-state index is 5.89. The first kappa shape index (κ1) is 10.0. The Morgan fingerprint density at radius 2 is 2.29 bits per heavy atom. The first-order valence-corrected chi connectivity index (χ1v) is 6.23. The molecule has 1 heterocycles. The third-order valence-corrected chi connectivity index (χ3v) is 4.54. The van der Waals surface area contributed by atoms with Crippen LogP contribution >= 0.6 is 33.9 Å². The molecular weight excluding hydrogens is 309 g/mol. The molecule has 0 unspecified atom stereocenters. The van der Waals surface area contributed by atoms with Crippen molar-refractivity contribution >= 4 is 49.7 Å². The molecule has 1 aromatic heterocycles. The Hall–Kier alpha value is -0.490. The van der Waals surface area contributed by atoms with E-state index in [0.717, 1.165) is 19.0 Å². The summed E-state index contributed by atoms with van der Waals surface area (Å²) in [4.78, 5) is 0. The molecule has 2 N–H and O–H groups in total. The van der Waals surface area contributed by atoms with Gasteiger partial charge in [0.15, 0.2) is 5.06 Å². The van der Waals surface area contributed by atoms with E-state index in [2.05, 4.69) is 28.7 Å². The molecule has 14 heavy (non-hydrogen) atoms. The highest BCUT2D eigenvalue weighted by Gasteiger charge is 2.11. The van der Waals surface area contributed by atoms with Gasteiger partial charge in [0.2, 0.25) is 0 Å². The molecule has 0 bridgehead atoms. The Labute approximate surface area is 100 Å². The summed E-state index contributed by atoms with van der Waals surface area (Å²) in [6.07, 6.45) is 0. The maximum Gasteiger partial charge on any atom is 0.188 e. The molecule has 0 saturated carbocycles. The molecule has 0 saturated heterocycles. The van der Waals surface area contributed by atoms with Crippen molar-refractivity contribution in [3.8, 4) is 5.06 Å². The van der Waals surface area contributed by atoms with Crippen molar-refractivity contribution in [3.05, 3.63) is 21.8 Å². The summed E-state index contributed by atoms with van der Waals surface area (Å²) in [5.74, 6) is 0. The summed E-state index contributed by atoms with van der Waals surface area (Å²) < 4.78 is 7.82. The Balaban J connectivity index is 2.67. The molecule has 0 amide bonds. The molecule has 0 aliphatic carbocycles. The summed E-state index contributed by atoms with van der Waals surface area (Å²) in [7, 11) is 0. The summed E-state index contributed by atoms with van der Waals surface area (Å²) in [6, 6.07) is 5.97. The number of ether oxygens (including phenoxy) is 1. The van der Waals surface area contributed by atoms with Crippen LogP contribution in [-0.2, 0) is 0 Å². The largest absolute Gasteiger partial charge is 0.483 e. The number of nitrogen functional groups attached to an aromatic ring is 1. The van der Waals surface area contributed by atoms with Gasteiger partial charge < -0.3 is 10.5 Å². The van der Waals surface area contributed by atoms with Gasteiger partial charge in [0.1, 0.15) is 0 Å². The van der Waals surface area contributed by atoms with Gasteiger partial charge in [-0.2, -0.15) is 0 Å². The van der Waals surface area contributed by atoms with Gasteiger partial charge in [0.05, 0.1) is 14.9 Å². The quantitative estimate of drug-likeness (QED) is 0.679. The molecule has 0 spiro atoms. The molecule has 0 radical (unpaired) electrons. The first-order valence-electron chi connectivity index (χ1n) is 4.33. The molecule has 0 aliphatic heterocycles. The van der Waals surface area contributed by atoms with Gasteiger partial charge in [0.25, 0.3) is 0 Å². The second-order valence-corrected chi connectivity index (χ2v) is 4.92. The number of benzene rings is 1. The zero-order chi connectivity index (χ0) is 10.1. The molecule has 2 rings (SSSR count). The zero-order valence-corrected chi connectivity index (χ0v) is 10.7. The van der Waals surface area contributed by atoms with Crippen LogP contribution in [0.25, 0.3) is 10.1 Å². The second kappa shape index (κ2) is 3.94. The van der Waals surface area contributed by atoms with E-state index in [1.165, 1.54) is 5.39 Å². The van der Waals surface area contributed by atoms with E-state index in [1.54, 1.807) is 11.3 Å². The molecule has 4 heteroatoms. The van der Waals surface area contributed by atoms with Crippen molar-refractivity contribution in [2.24, 2.45) is 0 Å². The SMILES string of the molecule is CCOc1sc2c(N)cccc2c1I. The van der Waals surface area contributed by atoms with E-state index < -0.39 is 0 Å². The molecule has 74 valence electrons. The van der Waals surface area contributed by atoms with Crippen molar-refractivity contribution in [2.75, 3.05) is 12.3 Å². The van der Waals surface area contributed by atoms with Crippen LogP contribution in [0.3, 0.4) is 0 Å². The first-order chi connectivity index (χ1) is 6.74. The summed E-state index contributed by atoms with van der Waals surface area (Å²) in [5, 5.41) is 2.17. The van der Waals surface area contributed by atoms with Gasteiger partial charge in [-0.25, -0.2) is 0 Å². The van der Waals surface area contributed by atoms with Crippen molar-refractivity contribution in [1.82, 2.24) is 0 Å². The van der Waals surface area contributed by atoms with E-state index in [-0.39, 0.29) is 0 Å². The summed E-state index contributed by atoms with van der Waals surface area (Å²) >= 11 is 3.92. The topological polar surface area (TPSA) is 35.2 Å². The highest BCUT2D eigenvalue weighted by molar-refractivity contribution is 14.1. The Morgan fingerprint density at radius 1 is 1.50 bits per heavy atom. The van der Waals surface area contributed by atoms with Crippen LogP contribution in [-0.4, -0.2) is 6.61 Å². The standard InChI is InChI=1S/C10H10INOS/c1-2-13-10-8(11)6-4-3-5-7(12)9(6)14-10/h3-5H,2,12H2,1H3. The van der Waals surface area contributed by atoms with Crippen LogP contribution in [0.2, 0.25) is 0 Å². The average molecular weight is 319 g/mol. The summed E-state index contributed by atoms with van der Waals surface area (Å²) in [5.41, 5.74) is 6.72. The van der Waals surface area contributed by atoms with Gasteiger partial charge >= 0.3 is 0 Å². The summed E-state index contributed by atoms with van der Waals surface area (Å²) in [6.45, 7) is 2.69. The van der Waals surface area contributed by atoms with E-state index in [0.29, 0.717) is 6.61 Å². The van der Waals surface area contributed by atoms with Crippen molar-refractivity contribution < 1.29 is 4.74 Å². The molecular formula is C10H10INOS. The predicted octanol–water partition coefficient (Wildman–Crippen LogP) is 3.49. The van der Waals surface area contributed by atoms with Crippen LogP contribution in [0.4, 0.5) is 5.69 Å². The Kier molecular flexibility index (Phi) is 2.83. The van der Waals surface area contributed by atoms with E-state index in [9.17, 15) is 0 Å². The van der Waals surface area contributed by atoms with Crippen LogP contribution in [0.5, 0.6) is 5.06 Å².